The number of allylic oxidation sites excluding steroid dienone is 2. The standard InChI is InChI=1S/C18H32O/c1-5-6-7-8-9-10-11-12-13-14-15-16-17-19-18(2,3)4/h10-11H,5-7,12-17H2,1-4H3/b11-10+. The lowest BCUT2D eigenvalue weighted by Gasteiger charge is -2.19. The van der Waals surface area contributed by atoms with Crippen LogP contribution in [0.2, 0.25) is 0 Å². The Morgan fingerprint density at radius 3 is 2.42 bits per heavy atom. The zero-order chi connectivity index (χ0) is 14.4. The monoisotopic (exact) mass is 264 g/mol. The first-order valence-corrected chi connectivity index (χ1v) is 7.83. The summed E-state index contributed by atoms with van der Waals surface area (Å²) in [4.78, 5) is 0. The minimum absolute atomic E-state index is 0.0131. The third kappa shape index (κ3) is 17.3. The van der Waals surface area contributed by atoms with Crippen LogP contribution in [0.3, 0.4) is 0 Å². The quantitative estimate of drug-likeness (QED) is 0.394. The van der Waals surface area contributed by atoms with Gasteiger partial charge in [-0.1, -0.05) is 44.1 Å². The van der Waals surface area contributed by atoms with Gasteiger partial charge in [0.25, 0.3) is 0 Å². The van der Waals surface area contributed by atoms with Crippen LogP contribution in [-0.2, 0) is 4.74 Å². The van der Waals surface area contributed by atoms with Gasteiger partial charge in [0.05, 0.1) is 5.60 Å². The normalized spacial score (nSPS) is 11.6. The molecule has 0 heterocycles. The molecule has 0 N–H and O–H groups in total. The van der Waals surface area contributed by atoms with Crippen LogP contribution in [0.4, 0.5) is 0 Å². The Hall–Kier alpha value is -0.740. The van der Waals surface area contributed by atoms with Gasteiger partial charge in [-0.2, -0.15) is 0 Å². The van der Waals surface area contributed by atoms with Crippen molar-refractivity contribution >= 4 is 0 Å². The lowest BCUT2D eigenvalue weighted by molar-refractivity contribution is -0.00473. The van der Waals surface area contributed by atoms with Crippen molar-refractivity contribution in [2.75, 3.05) is 6.61 Å². The molecule has 0 saturated heterocycles. The zero-order valence-corrected chi connectivity index (χ0v) is 13.4. The summed E-state index contributed by atoms with van der Waals surface area (Å²) in [7, 11) is 0. The molecule has 1 heteroatoms. The van der Waals surface area contributed by atoms with Crippen LogP contribution in [0, 0.1) is 11.8 Å². The molecule has 1 nitrogen and oxygen atoms in total. The maximum absolute atomic E-state index is 5.69. The molecule has 0 unspecified atom stereocenters. The molecule has 0 aromatic rings. The van der Waals surface area contributed by atoms with Gasteiger partial charge in [0.15, 0.2) is 0 Å². The molecule has 0 amide bonds. The number of hydrogen-bond acceptors (Lipinski definition) is 1. The maximum atomic E-state index is 5.69. The first-order chi connectivity index (χ1) is 9.06. The predicted molar refractivity (Wildman–Crippen MR) is 85.2 cm³/mol. The molecule has 0 aliphatic rings. The molecule has 0 atom stereocenters. The Kier molecular flexibility index (Phi) is 11.8. The minimum Gasteiger partial charge on any atom is -0.376 e. The van der Waals surface area contributed by atoms with Gasteiger partial charge in [-0.05, 0) is 52.5 Å². The number of rotatable bonds is 9. The van der Waals surface area contributed by atoms with Gasteiger partial charge in [-0.15, -0.1) is 0 Å². The average molecular weight is 264 g/mol. The lowest BCUT2D eigenvalue weighted by atomic mass is 10.1. The highest BCUT2D eigenvalue weighted by Crippen LogP contribution is 2.09. The summed E-state index contributed by atoms with van der Waals surface area (Å²) in [5.41, 5.74) is 0.0131. The molecule has 0 spiro atoms. The summed E-state index contributed by atoms with van der Waals surface area (Å²) >= 11 is 0. The Bertz CT molecular complexity index is 272. The second-order valence-corrected chi connectivity index (χ2v) is 5.99. The van der Waals surface area contributed by atoms with Crippen molar-refractivity contribution in [3.05, 3.63) is 12.2 Å². The molecule has 0 aliphatic heterocycles. The third-order valence-electron chi connectivity index (χ3n) is 2.76. The molecule has 0 rings (SSSR count). The van der Waals surface area contributed by atoms with E-state index in [0.29, 0.717) is 0 Å². The molecular weight excluding hydrogens is 232 g/mol. The van der Waals surface area contributed by atoms with E-state index in [0.717, 1.165) is 19.4 Å². The average Bonchev–Trinajstić information content (AvgIpc) is 2.34. The first kappa shape index (κ1) is 18.3. The Labute approximate surface area is 120 Å². The van der Waals surface area contributed by atoms with Gasteiger partial charge in [0, 0.05) is 13.0 Å². The van der Waals surface area contributed by atoms with E-state index < -0.39 is 0 Å². The van der Waals surface area contributed by atoms with E-state index in [-0.39, 0.29) is 5.60 Å². The molecule has 0 aliphatic carbocycles. The largest absolute Gasteiger partial charge is 0.376 e. The first-order valence-electron chi connectivity index (χ1n) is 7.83. The zero-order valence-electron chi connectivity index (χ0n) is 13.4. The maximum Gasteiger partial charge on any atom is 0.0598 e. The molecule has 0 aromatic heterocycles. The Morgan fingerprint density at radius 1 is 1.00 bits per heavy atom. The fourth-order valence-corrected chi connectivity index (χ4v) is 1.63. The van der Waals surface area contributed by atoms with Crippen molar-refractivity contribution in [3.8, 4) is 11.8 Å². The highest BCUT2D eigenvalue weighted by atomic mass is 16.5. The van der Waals surface area contributed by atoms with Crippen molar-refractivity contribution in [1.82, 2.24) is 0 Å². The fourth-order valence-electron chi connectivity index (χ4n) is 1.63. The van der Waals surface area contributed by atoms with Crippen LogP contribution >= 0.6 is 0 Å². The van der Waals surface area contributed by atoms with Gasteiger partial charge in [-0.3, -0.25) is 0 Å². The summed E-state index contributed by atoms with van der Waals surface area (Å²) in [6.45, 7) is 9.42. The van der Waals surface area contributed by atoms with Crippen molar-refractivity contribution in [3.63, 3.8) is 0 Å². The van der Waals surface area contributed by atoms with Gasteiger partial charge in [0.1, 0.15) is 0 Å². The van der Waals surface area contributed by atoms with E-state index in [1.807, 2.05) is 6.08 Å². The number of hydrogen-bond donors (Lipinski definition) is 0. The second-order valence-electron chi connectivity index (χ2n) is 5.99. The molecule has 0 saturated carbocycles. The molecule has 0 aromatic carbocycles. The van der Waals surface area contributed by atoms with Crippen molar-refractivity contribution in [1.29, 1.82) is 0 Å². The summed E-state index contributed by atoms with van der Waals surface area (Å²) in [5.74, 6) is 6.26. The third-order valence-corrected chi connectivity index (χ3v) is 2.76. The lowest BCUT2D eigenvalue weighted by Crippen LogP contribution is -2.19. The molecule has 0 radical (unpaired) electrons. The van der Waals surface area contributed by atoms with Gasteiger partial charge in [0.2, 0.25) is 0 Å². The van der Waals surface area contributed by atoms with Crippen LogP contribution in [0.1, 0.15) is 79.1 Å². The van der Waals surface area contributed by atoms with Crippen LogP contribution in [0.5, 0.6) is 0 Å². The van der Waals surface area contributed by atoms with Crippen LogP contribution in [-0.4, -0.2) is 12.2 Å². The van der Waals surface area contributed by atoms with E-state index in [4.69, 9.17) is 4.74 Å². The predicted octanol–water partition coefficient (Wildman–Crippen LogP) is 5.50. The van der Waals surface area contributed by atoms with E-state index in [1.54, 1.807) is 0 Å². The van der Waals surface area contributed by atoms with Gasteiger partial charge in [-0.25, -0.2) is 0 Å². The summed E-state index contributed by atoms with van der Waals surface area (Å²) in [6, 6.07) is 0. The molecular formula is C18H32O. The molecule has 0 bridgehead atoms. The van der Waals surface area contributed by atoms with Crippen LogP contribution in [0.15, 0.2) is 12.2 Å². The summed E-state index contributed by atoms with van der Waals surface area (Å²) in [6.07, 6.45) is 13.9. The SMILES string of the molecule is CCCCC#C/C=C/CCCCCCOC(C)(C)C. The fraction of sp³-hybridized carbons (Fsp3) is 0.778. The van der Waals surface area contributed by atoms with Crippen molar-refractivity contribution < 1.29 is 4.74 Å². The van der Waals surface area contributed by atoms with E-state index in [2.05, 4.69) is 45.6 Å². The minimum atomic E-state index is 0.0131. The molecule has 110 valence electrons. The molecule has 0 fully saturated rings. The van der Waals surface area contributed by atoms with Crippen molar-refractivity contribution in [2.24, 2.45) is 0 Å². The highest BCUT2D eigenvalue weighted by molar-refractivity contribution is 5.14. The van der Waals surface area contributed by atoms with E-state index in [1.165, 1.54) is 38.5 Å². The Balaban J connectivity index is 3.26. The number of ether oxygens (including phenoxy) is 1. The van der Waals surface area contributed by atoms with Gasteiger partial charge < -0.3 is 4.74 Å². The van der Waals surface area contributed by atoms with E-state index >= 15 is 0 Å². The second kappa shape index (κ2) is 12.3. The molecule has 19 heavy (non-hydrogen) atoms. The van der Waals surface area contributed by atoms with Crippen molar-refractivity contribution in [2.45, 2.75) is 84.7 Å². The smallest absolute Gasteiger partial charge is 0.0598 e. The van der Waals surface area contributed by atoms with Crippen LogP contribution < -0.4 is 0 Å². The Morgan fingerprint density at radius 2 is 1.74 bits per heavy atom. The van der Waals surface area contributed by atoms with Gasteiger partial charge >= 0.3 is 0 Å². The number of unbranched alkanes of at least 4 members (excludes halogenated alkanes) is 6. The summed E-state index contributed by atoms with van der Waals surface area (Å²) in [5, 5.41) is 0. The summed E-state index contributed by atoms with van der Waals surface area (Å²) < 4.78 is 5.69. The van der Waals surface area contributed by atoms with E-state index in [9.17, 15) is 0 Å². The van der Waals surface area contributed by atoms with Crippen LogP contribution in [0.25, 0.3) is 0 Å². The topological polar surface area (TPSA) is 9.23 Å². The highest BCUT2D eigenvalue weighted by Gasteiger charge is 2.08.